The third kappa shape index (κ3) is 6.34. The lowest BCUT2D eigenvalue weighted by Gasteiger charge is -2.19. The summed E-state index contributed by atoms with van der Waals surface area (Å²) in [6, 6.07) is 16.0. The van der Waals surface area contributed by atoms with E-state index in [0.717, 1.165) is 17.5 Å². The van der Waals surface area contributed by atoms with Gasteiger partial charge in [0.2, 0.25) is 5.91 Å². The van der Waals surface area contributed by atoms with E-state index < -0.39 is 18.0 Å². The zero-order valence-corrected chi connectivity index (χ0v) is 19.2. The predicted molar refractivity (Wildman–Crippen MR) is 126 cm³/mol. The van der Waals surface area contributed by atoms with Gasteiger partial charge < -0.3 is 20.5 Å². The van der Waals surface area contributed by atoms with Crippen molar-refractivity contribution in [3.05, 3.63) is 59.7 Å². The second-order valence-electron chi connectivity index (χ2n) is 8.54. The van der Waals surface area contributed by atoms with Crippen LogP contribution in [0, 0.1) is 5.92 Å². The van der Waals surface area contributed by atoms with Crippen molar-refractivity contribution in [2.24, 2.45) is 5.92 Å². The number of aliphatic carboxylic acids is 1. The van der Waals surface area contributed by atoms with Gasteiger partial charge in [-0.05, 0) is 35.1 Å². The maximum atomic E-state index is 12.5. The van der Waals surface area contributed by atoms with Crippen molar-refractivity contribution in [1.82, 2.24) is 10.6 Å². The van der Waals surface area contributed by atoms with E-state index in [1.807, 2.05) is 31.2 Å². The van der Waals surface area contributed by atoms with Gasteiger partial charge in [-0.3, -0.25) is 9.59 Å². The Bertz CT molecular complexity index is 945. The van der Waals surface area contributed by atoms with Gasteiger partial charge in [0.05, 0.1) is 5.92 Å². The molecule has 7 nitrogen and oxygen atoms in total. The van der Waals surface area contributed by atoms with Crippen LogP contribution in [0.3, 0.4) is 0 Å². The number of hydrogen-bond acceptors (Lipinski definition) is 4. The smallest absolute Gasteiger partial charge is 0.407 e. The van der Waals surface area contributed by atoms with Crippen LogP contribution in [0.15, 0.2) is 48.5 Å². The second-order valence-corrected chi connectivity index (χ2v) is 8.54. The van der Waals surface area contributed by atoms with Crippen LogP contribution in [-0.4, -0.2) is 42.3 Å². The average molecular weight is 453 g/mol. The third-order valence-corrected chi connectivity index (χ3v) is 6.06. The Morgan fingerprint density at radius 3 is 2.18 bits per heavy atom. The molecule has 1 aliphatic carbocycles. The quantitative estimate of drug-likeness (QED) is 0.471. The number of rotatable bonds is 11. The van der Waals surface area contributed by atoms with Crippen LogP contribution in [0.5, 0.6) is 0 Å². The highest BCUT2D eigenvalue weighted by atomic mass is 16.5. The molecule has 0 saturated carbocycles. The van der Waals surface area contributed by atoms with Gasteiger partial charge in [0.25, 0.3) is 0 Å². The van der Waals surface area contributed by atoms with Gasteiger partial charge in [-0.2, -0.15) is 0 Å². The molecule has 2 aromatic rings. The molecule has 0 saturated heterocycles. The van der Waals surface area contributed by atoms with Crippen LogP contribution in [0.1, 0.15) is 56.6 Å². The SMILES string of the molecule is CCCC(CC(=O)NCCC(C)C(=O)O)NC(=O)OCC1c2ccccc2-c2ccccc21. The van der Waals surface area contributed by atoms with Gasteiger partial charge in [-0.15, -0.1) is 0 Å². The minimum atomic E-state index is -0.884. The molecule has 0 radical (unpaired) electrons. The van der Waals surface area contributed by atoms with Gasteiger partial charge in [-0.25, -0.2) is 4.79 Å². The first-order valence-corrected chi connectivity index (χ1v) is 11.5. The Kier molecular flexibility index (Phi) is 8.46. The maximum absolute atomic E-state index is 12.5. The maximum Gasteiger partial charge on any atom is 0.407 e. The number of carboxylic acids is 1. The Hall–Kier alpha value is -3.35. The minimum Gasteiger partial charge on any atom is -0.481 e. The summed E-state index contributed by atoms with van der Waals surface area (Å²) in [5.74, 6) is -1.64. The van der Waals surface area contributed by atoms with E-state index in [-0.39, 0.29) is 37.4 Å². The lowest BCUT2D eigenvalue weighted by molar-refractivity contribution is -0.141. The molecule has 2 amide bonds. The number of amides is 2. The Morgan fingerprint density at radius 1 is 1.00 bits per heavy atom. The van der Waals surface area contributed by atoms with Gasteiger partial charge in [0, 0.05) is 24.9 Å². The molecule has 0 aromatic heterocycles. The van der Waals surface area contributed by atoms with Crippen LogP contribution in [0.2, 0.25) is 0 Å². The molecule has 7 heteroatoms. The number of alkyl carbamates (subject to hydrolysis) is 1. The van der Waals surface area contributed by atoms with Crippen molar-refractivity contribution in [1.29, 1.82) is 0 Å². The first-order chi connectivity index (χ1) is 15.9. The predicted octanol–water partition coefficient (Wildman–Crippen LogP) is 4.31. The van der Waals surface area contributed by atoms with Crippen LogP contribution in [-0.2, 0) is 14.3 Å². The number of nitrogens with one attached hydrogen (secondary N) is 2. The minimum absolute atomic E-state index is 0.0210. The standard InChI is InChI=1S/C26H32N2O5/c1-3-8-18(15-24(29)27-14-13-17(2)25(30)31)28-26(32)33-16-23-21-11-6-4-9-19(21)20-10-5-7-12-22(20)23/h4-7,9-12,17-18,23H,3,8,13-16H2,1-2H3,(H,27,29)(H,28,32)(H,30,31). The highest BCUT2D eigenvalue weighted by molar-refractivity contribution is 5.79. The summed E-state index contributed by atoms with van der Waals surface area (Å²) in [5.41, 5.74) is 4.62. The fraction of sp³-hybridized carbons (Fsp3) is 0.423. The Morgan fingerprint density at radius 2 is 1.61 bits per heavy atom. The van der Waals surface area contributed by atoms with Crippen molar-refractivity contribution >= 4 is 18.0 Å². The van der Waals surface area contributed by atoms with E-state index >= 15 is 0 Å². The van der Waals surface area contributed by atoms with Crippen LogP contribution in [0.4, 0.5) is 4.79 Å². The van der Waals surface area contributed by atoms with Crippen molar-refractivity contribution in [2.45, 2.75) is 51.5 Å². The zero-order valence-electron chi connectivity index (χ0n) is 19.2. The summed E-state index contributed by atoms with van der Waals surface area (Å²) in [6.45, 7) is 4.10. The molecule has 2 aromatic carbocycles. The number of ether oxygens (including phenoxy) is 1. The fourth-order valence-corrected chi connectivity index (χ4v) is 4.23. The molecule has 0 fully saturated rings. The van der Waals surface area contributed by atoms with Crippen molar-refractivity contribution in [2.75, 3.05) is 13.2 Å². The summed E-state index contributed by atoms with van der Waals surface area (Å²) in [4.78, 5) is 35.7. The molecule has 0 bridgehead atoms. The average Bonchev–Trinajstić information content (AvgIpc) is 3.11. The highest BCUT2D eigenvalue weighted by Gasteiger charge is 2.29. The number of carboxylic acid groups (broad SMARTS) is 1. The number of carbonyl (C=O) groups is 3. The molecule has 33 heavy (non-hydrogen) atoms. The van der Waals surface area contributed by atoms with E-state index in [9.17, 15) is 14.4 Å². The molecule has 3 rings (SSSR count). The number of fused-ring (bicyclic) bond motifs is 3. The van der Waals surface area contributed by atoms with E-state index in [1.165, 1.54) is 11.1 Å². The largest absolute Gasteiger partial charge is 0.481 e. The third-order valence-electron chi connectivity index (χ3n) is 6.06. The first kappa shape index (κ1) is 24.3. The summed E-state index contributed by atoms with van der Waals surface area (Å²) in [5, 5.41) is 14.5. The van der Waals surface area contributed by atoms with Crippen molar-refractivity contribution < 1.29 is 24.2 Å². The number of benzene rings is 2. The highest BCUT2D eigenvalue weighted by Crippen LogP contribution is 2.44. The molecule has 176 valence electrons. The Labute approximate surface area is 194 Å². The molecule has 0 heterocycles. The van der Waals surface area contributed by atoms with Crippen molar-refractivity contribution in [3.63, 3.8) is 0 Å². The molecule has 0 spiro atoms. The van der Waals surface area contributed by atoms with E-state index in [1.54, 1.807) is 6.92 Å². The number of hydrogen-bond donors (Lipinski definition) is 3. The lowest BCUT2D eigenvalue weighted by atomic mass is 9.98. The number of carbonyl (C=O) groups excluding carboxylic acids is 2. The summed E-state index contributed by atoms with van der Waals surface area (Å²) in [7, 11) is 0. The van der Waals surface area contributed by atoms with Crippen LogP contribution in [0.25, 0.3) is 11.1 Å². The van der Waals surface area contributed by atoms with Gasteiger partial charge in [0.1, 0.15) is 6.61 Å². The summed E-state index contributed by atoms with van der Waals surface area (Å²) >= 11 is 0. The summed E-state index contributed by atoms with van der Waals surface area (Å²) in [6.07, 6.45) is 1.39. The van der Waals surface area contributed by atoms with Gasteiger partial charge in [-0.1, -0.05) is 68.8 Å². The molecular weight excluding hydrogens is 420 g/mol. The molecule has 2 unspecified atom stereocenters. The molecule has 3 N–H and O–H groups in total. The second kappa shape index (κ2) is 11.5. The molecule has 0 aliphatic heterocycles. The fourth-order valence-electron chi connectivity index (χ4n) is 4.23. The van der Waals surface area contributed by atoms with Crippen LogP contribution >= 0.6 is 0 Å². The van der Waals surface area contributed by atoms with Gasteiger partial charge >= 0.3 is 12.1 Å². The molecule has 2 atom stereocenters. The summed E-state index contributed by atoms with van der Waals surface area (Å²) < 4.78 is 5.59. The van der Waals surface area contributed by atoms with E-state index in [4.69, 9.17) is 9.84 Å². The lowest BCUT2D eigenvalue weighted by Crippen LogP contribution is -2.40. The van der Waals surface area contributed by atoms with Gasteiger partial charge in [0.15, 0.2) is 0 Å². The monoisotopic (exact) mass is 452 g/mol. The zero-order chi connectivity index (χ0) is 23.8. The first-order valence-electron chi connectivity index (χ1n) is 11.5. The normalized spacial score (nSPS) is 14.0. The molecule has 1 aliphatic rings. The van der Waals surface area contributed by atoms with Crippen molar-refractivity contribution in [3.8, 4) is 11.1 Å². The topological polar surface area (TPSA) is 105 Å². The Balaban J connectivity index is 1.52. The molecular formula is C26H32N2O5. The van der Waals surface area contributed by atoms with E-state index in [0.29, 0.717) is 12.8 Å². The van der Waals surface area contributed by atoms with Crippen LogP contribution < -0.4 is 10.6 Å². The van der Waals surface area contributed by atoms with E-state index in [2.05, 4.69) is 34.9 Å².